The molecule has 0 N–H and O–H groups in total. The molecule has 0 saturated heterocycles. The Morgan fingerprint density at radius 1 is 0.393 bits per heavy atom. The molecule has 9 aromatic rings. The lowest BCUT2D eigenvalue weighted by molar-refractivity contribution is -0.0452. The monoisotopic (exact) mass is 803 g/mol. The lowest BCUT2D eigenvalue weighted by Crippen LogP contribution is -2.56. The van der Waals surface area contributed by atoms with Crippen LogP contribution >= 0.6 is 11.3 Å². The summed E-state index contributed by atoms with van der Waals surface area (Å²) in [4.78, 5) is 2.41. The lowest BCUT2D eigenvalue weighted by atomic mass is 9.42. The zero-order valence-electron chi connectivity index (χ0n) is 34.0. The van der Waals surface area contributed by atoms with Crippen molar-refractivity contribution in [2.24, 2.45) is 23.7 Å². The Morgan fingerprint density at radius 3 is 1.59 bits per heavy atom. The van der Waals surface area contributed by atoms with E-state index in [9.17, 15) is 0 Å². The molecule has 61 heavy (non-hydrogen) atoms. The number of nitrogens with zero attached hydrogens (tertiary/aromatic N) is 1. The number of anilines is 3. The number of ether oxygens (including phenoxy) is 1. The van der Waals surface area contributed by atoms with Crippen LogP contribution in [0.2, 0.25) is 0 Å². The first-order valence-corrected chi connectivity index (χ1v) is 23.0. The third kappa shape index (κ3) is 5.60. The maximum atomic E-state index is 7.00. The van der Waals surface area contributed by atoms with Crippen LogP contribution in [0.25, 0.3) is 53.6 Å². The Labute approximate surface area is 361 Å². The van der Waals surface area contributed by atoms with Crippen LogP contribution in [0.1, 0.15) is 43.2 Å². The van der Waals surface area contributed by atoms with E-state index in [-0.39, 0.29) is 5.41 Å². The molecule has 4 aliphatic carbocycles. The van der Waals surface area contributed by atoms with Gasteiger partial charge in [-0.2, -0.15) is 0 Å². The lowest BCUT2D eigenvalue weighted by Gasteiger charge is -2.63. The SMILES string of the molecule is c1ccc(-c2ccc(-c3ccc(N(c4ccc(-c5ccc6c(c5)sc5ccccc56)cc4)c4ccc5c(c4)Oc4ccccc4C54C5CC6CC(C5)CC4C6)cc3)cc2)cc1. The predicted molar refractivity (Wildman–Crippen MR) is 255 cm³/mol. The number of rotatable bonds is 6. The zero-order chi connectivity index (χ0) is 40.1. The quantitative estimate of drug-likeness (QED) is 0.166. The Bertz CT molecular complexity index is 3080. The van der Waals surface area contributed by atoms with Gasteiger partial charge in [0.05, 0.1) is 0 Å². The number of benzene rings is 8. The van der Waals surface area contributed by atoms with Gasteiger partial charge in [0.15, 0.2) is 0 Å². The zero-order valence-corrected chi connectivity index (χ0v) is 34.8. The van der Waals surface area contributed by atoms with Gasteiger partial charge >= 0.3 is 0 Å². The number of hydrogen-bond donors (Lipinski definition) is 0. The van der Waals surface area contributed by atoms with Crippen LogP contribution in [0.3, 0.4) is 0 Å². The van der Waals surface area contributed by atoms with E-state index >= 15 is 0 Å². The molecule has 0 radical (unpaired) electrons. The van der Waals surface area contributed by atoms with Crippen molar-refractivity contribution in [3.8, 4) is 44.9 Å². The van der Waals surface area contributed by atoms with Crippen molar-refractivity contribution in [1.82, 2.24) is 0 Å². The van der Waals surface area contributed by atoms with E-state index in [1.54, 1.807) is 0 Å². The van der Waals surface area contributed by atoms with Gasteiger partial charge in [-0.15, -0.1) is 11.3 Å². The molecular weight excluding hydrogens is 759 g/mol. The molecule has 2 nitrogen and oxygen atoms in total. The molecule has 1 aromatic heterocycles. The van der Waals surface area contributed by atoms with Crippen LogP contribution in [0.4, 0.5) is 17.1 Å². The van der Waals surface area contributed by atoms with Gasteiger partial charge in [-0.1, -0.05) is 133 Å². The predicted octanol–water partition coefficient (Wildman–Crippen LogP) is 16.4. The van der Waals surface area contributed by atoms with Crippen molar-refractivity contribution < 1.29 is 4.74 Å². The fraction of sp³-hybridized carbons (Fsp3) is 0.172. The molecule has 5 aliphatic rings. The van der Waals surface area contributed by atoms with E-state index in [2.05, 4.69) is 193 Å². The van der Waals surface area contributed by atoms with Crippen LogP contribution in [0.5, 0.6) is 11.5 Å². The molecule has 4 saturated carbocycles. The van der Waals surface area contributed by atoms with Gasteiger partial charge in [0.2, 0.25) is 0 Å². The summed E-state index contributed by atoms with van der Waals surface area (Å²) in [5, 5.41) is 2.66. The minimum Gasteiger partial charge on any atom is -0.457 e. The Kier molecular flexibility index (Phi) is 8.00. The summed E-state index contributed by atoms with van der Waals surface area (Å²) >= 11 is 1.87. The van der Waals surface area contributed by atoms with Crippen molar-refractivity contribution in [3.05, 3.63) is 199 Å². The van der Waals surface area contributed by atoms with E-state index in [1.165, 1.54) is 96.8 Å². The van der Waals surface area contributed by atoms with Gasteiger partial charge in [0.25, 0.3) is 0 Å². The molecule has 0 amide bonds. The van der Waals surface area contributed by atoms with E-state index < -0.39 is 0 Å². The molecule has 294 valence electrons. The van der Waals surface area contributed by atoms with Crippen LogP contribution in [-0.2, 0) is 5.41 Å². The Hall–Kier alpha value is -6.42. The van der Waals surface area contributed by atoms with Gasteiger partial charge < -0.3 is 9.64 Å². The number of thiophene rings is 1. The maximum Gasteiger partial charge on any atom is 0.133 e. The second-order valence-corrected chi connectivity index (χ2v) is 19.2. The molecule has 0 atom stereocenters. The summed E-state index contributed by atoms with van der Waals surface area (Å²) in [5.74, 6) is 5.19. The standard InChI is InChI=1S/C58H45NOS/c1-2-8-39(9-3-1)40-14-16-41(17-15-40)42-18-23-47(24-19-42)59(48-25-20-43(21-26-48)44-22-28-51-50-10-4-7-13-56(50)61-57(51)35-44)49-27-29-53-55(36-49)60-54-12-6-5-11-52(54)58(53)45-31-37-30-38(33-45)34-46(58)32-37/h1-29,35-38,45-46H,30-34H2. The van der Waals surface area contributed by atoms with Gasteiger partial charge in [0.1, 0.15) is 11.5 Å². The van der Waals surface area contributed by atoms with Crippen LogP contribution < -0.4 is 9.64 Å². The van der Waals surface area contributed by atoms with Gasteiger partial charge in [-0.3, -0.25) is 0 Å². The van der Waals surface area contributed by atoms with E-state index in [1.807, 2.05) is 11.3 Å². The van der Waals surface area contributed by atoms with E-state index in [0.717, 1.165) is 40.4 Å². The Balaban J connectivity index is 0.901. The normalized spacial score (nSPS) is 22.0. The fourth-order valence-electron chi connectivity index (χ4n) is 12.5. The molecular formula is C58H45NOS. The number of hydrogen-bond acceptors (Lipinski definition) is 3. The average Bonchev–Trinajstić information content (AvgIpc) is 3.69. The van der Waals surface area contributed by atoms with Crippen molar-refractivity contribution in [1.29, 1.82) is 0 Å². The molecule has 4 fully saturated rings. The summed E-state index contributed by atoms with van der Waals surface area (Å²) in [7, 11) is 0. The maximum absolute atomic E-state index is 7.00. The number of para-hydroxylation sites is 1. The highest BCUT2D eigenvalue weighted by molar-refractivity contribution is 7.25. The van der Waals surface area contributed by atoms with Gasteiger partial charge in [-0.05, 0) is 138 Å². The van der Waals surface area contributed by atoms with E-state index in [4.69, 9.17) is 4.74 Å². The molecule has 4 bridgehead atoms. The fourth-order valence-corrected chi connectivity index (χ4v) is 13.6. The minimum atomic E-state index is 0.0236. The first-order valence-electron chi connectivity index (χ1n) is 22.2. The first kappa shape index (κ1) is 35.3. The molecule has 3 heteroatoms. The van der Waals surface area contributed by atoms with Crippen LogP contribution in [0, 0.1) is 23.7 Å². The third-order valence-electron chi connectivity index (χ3n) is 14.9. The highest BCUT2D eigenvalue weighted by atomic mass is 32.1. The summed E-state index contributed by atoms with van der Waals surface area (Å²) in [5.41, 5.74) is 13.5. The summed E-state index contributed by atoms with van der Waals surface area (Å²) in [6, 6.07) is 69.6. The largest absolute Gasteiger partial charge is 0.457 e. The smallest absolute Gasteiger partial charge is 0.133 e. The van der Waals surface area contributed by atoms with Crippen LogP contribution in [0.15, 0.2) is 188 Å². The minimum absolute atomic E-state index is 0.0236. The topological polar surface area (TPSA) is 12.5 Å². The molecule has 2 heterocycles. The third-order valence-corrected chi connectivity index (χ3v) is 16.1. The summed E-state index contributed by atoms with van der Waals surface area (Å²) in [6.07, 6.45) is 6.82. The van der Waals surface area contributed by atoms with Crippen molar-refractivity contribution >= 4 is 48.6 Å². The molecule has 8 aromatic carbocycles. The first-order chi connectivity index (χ1) is 30.2. The highest BCUT2D eigenvalue weighted by Crippen LogP contribution is 2.69. The summed E-state index contributed by atoms with van der Waals surface area (Å²) in [6.45, 7) is 0. The van der Waals surface area contributed by atoms with E-state index in [0.29, 0.717) is 11.8 Å². The highest BCUT2D eigenvalue weighted by Gasteiger charge is 2.61. The number of fused-ring (bicyclic) bond motifs is 5. The Morgan fingerprint density at radius 2 is 0.902 bits per heavy atom. The van der Waals surface area contributed by atoms with Crippen LogP contribution in [-0.4, -0.2) is 0 Å². The second-order valence-electron chi connectivity index (χ2n) is 18.1. The van der Waals surface area contributed by atoms with Crippen molar-refractivity contribution in [2.45, 2.75) is 37.5 Å². The molecule has 14 rings (SSSR count). The average molecular weight is 804 g/mol. The van der Waals surface area contributed by atoms with Gasteiger partial charge in [-0.25, -0.2) is 0 Å². The summed E-state index contributed by atoms with van der Waals surface area (Å²) < 4.78 is 9.66. The van der Waals surface area contributed by atoms with Gasteiger partial charge in [0, 0.05) is 59.8 Å². The van der Waals surface area contributed by atoms with Crippen molar-refractivity contribution in [3.63, 3.8) is 0 Å². The second kappa shape index (κ2) is 13.8. The molecule has 1 aliphatic heterocycles. The van der Waals surface area contributed by atoms with Crippen molar-refractivity contribution in [2.75, 3.05) is 4.90 Å². The molecule has 0 unspecified atom stereocenters. The molecule has 1 spiro atoms.